The fraction of sp³-hybridized carbons (Fsp3) is 0.440. The molecule has 1 amide bonds. The number of hydrogen-bond donors (Lipinski definition) is 0. The molecule has 0 bridgehead atoms. The van der Waals surface area contributed by atoms with E-state index in [1.54, 1.807) is 12.1 Å². The summed E-state index contributed by atoms with van der Waals surface area (Å²) in [6.45, 7) is 7.97. The van der Waals surface area contributed by atoms with Crippen LogP contribution in [0, 0.1) is 13.8 Å². The highest BCUT2D eigenvalue weighted by molar-refractivity contribution is 7.89. The molecule has 35 heavy (non-hydrogen) atoms. The summed E-state index contributed by atoms with van der Waals surface area (Å²) in [5.41, 5.74) is 3.25. The topological polar surface area (TPSA) is 90.2 Å². The number of fused-ring (bicyclic) bond motifs is 1. The standard InChI is InChI=1S/C25H31N3O5S2/c1-5-33-14-13-27-22-16-17(2)15-18(3)23(22)34-25(27)26-24(29)21-7-6-12-28(21)35(30,31)20-10-8-19(32-4)9-11-20/h8-11,15-16,21H,5-7,12-14H2,1-4H3. The summed E-state index contributed by atoms with van der Waals surface area (Å²) >= 11 is 1.45. The number of methoxy groups -OCH3 is 1. The number of thiazole rings is 1. The number of nitrogens with zero attached hydrogens (tertiary/aromatic N) is 3. The van der Waals surface area contributed by atoms with Crippen molar-refractivity contribution in [2.75, 3.05) is 26.9 Å². The van der Waals surface area contributed by atoms with Crippen LogP contribution in [-0.4, -0.2) is 56.1 Å². The van der Waals surface area contributed by atoms with Gasteiger partial charge in [0.2, 0.25) is 10.0 Å². The highest BCUT2D eigenvalue weighted by atomic mass is 32.2. The Balaban J connectivity index is 1.71. The number of ether oxygens (including phenoxy) is 2. The summed E-state index contributed by atoms with van der Waals surface area (Å²) < 4.78 is 41.7. The van der Waals surface area contributed by atoms with Gasteiger partial charge < -0.3 is 14.0 Å². The monoisotopic (exact) mass is 517 g/mol. The van der Waals surface area contributed by atoms with E-state index in [0.717, 1.165) is 21.3 Å². The van der Waals surface area contributed by atoms with E-state index in [0.29, 0.717) is 43.2 Å². The Morgan fingerprint density at radius 2 is 1.94 bits per heavy atom. The maximum absolute atomic E-state index is 13.4. The Bertz CT molecular complexity index is 1390. The second-order valence-corrected chi connectivity index (χ2v) is 11.4. The van der Waals surface area contributed by atoms with Crippen molar-refractivity contribution in [2.24, 2.45) is 4.99 Å². The second kappa shape index (κ2) is 10.6. The zero-order chi connectivity index (χ0) is 25.2. The van der Waals surface area contributed by atoms with E-state index in [1.165, 1.54) is 34.9 Å². The molecule has 0 N–H and O–H groups in total. The molecule has 2 aromatic carbocycles. The van der Waals surface area contributed by atoms with Crippen molar-refractivity contribution in [1.29, 1.82) is 0 Å². The molecule has 1 aliphatic heterocycles. The third-order valence-electron chi connectivity index (χ3n) is 6.14. The minimum Gasteiger partial charge on any atom is -0.497 e. The van der Waals surface area contributed by atoms with Crippen LogP contribution in [0.25, 0.3) is 10.2 Å². The molecular weight excluding hydrogens is 486 g/mol. The van der Waals surface area contributed by atoms with E-state index in [-0.39, 0.29) is 11.4 Å². The van der Waals surface area contributed by atoms with Crippen molar-refractivity contribution in [3.05, 3.63) is 52.3 Å². The first kappa shape index (κ1) is 25.6. The molecule has 1 atom stereocenters. The number of carbonyl (C=O) groups is 1. The lowest BCUT2D eigenvalue weighted by atomic mass is 10.1. The normalized spacial score (nSPS) is 17.4. The molecule has 188 valence electrons. The van der Waals surface area contributed by atoms with Crippen molar-refractivity contribution in [1.82, 2.24) is 8.87 Å². The van der Waals surface area contributed by atoms with Crippen molar-refractivity contribution in [2.45, 2.75) is 51.1 Å². The van der Waals surface area contributed by atoms with Crippen LogP contribution >= 0.6 is 11.3 Å². The van der Waals surface area contributed by atoms with Crippen LogP contribution < -0.4 is 9.54 Å². The van der Waals surface area contributed by atoms with Crippen LogP contribution in [0.1, 0.15) is 30.9 Å². The Morgan fingerprint density at radius 1 is 1.20 bits per heavy atom. The number of carbonyl (C=O) groups excluding carboxylic acids is 1. The number of hydrogen-bond acceptors (Lipinski definition) is 6. The van der Waals surface area contributed by atoms with Gasteiger partial charge in [-0.25, -0.2) is 8.42 Å². The summed E-state index contributed by atoms with van der Waals surface area (Å²) in [6.07, 6.45) is 1.05. The third kappa shape index (κ3) is 5.20. The zero-order valence-electron chi connectivity index (χ0n) is 20.5. The Hall–Kier alpha value is -2.53. The highest BCUT2D eigenvalue weighted by Gasteiger charge is 2.39. The first-order valence-electron chi connectivity index (χ1n) is 11.7. The molecular formula is C25H31N3O5S2. The summed E-state index contributed by atoms with van der Waals surface area (Å²) in [7, 11) is -2.32. The molecule has 0 radical (unpaired) electrons. The van der Waals surface area contributed by atoms with Crippen LogP contribution in [0.4, 0.5) is 0 Å². The van der Waals surface area contributed by atoms with E-state index >= 15 is 0 Å². The second-order valence-electron chi connectivity index (χ2n) is 8.56. The lowest BCUT2D eigenvalue weighted by Crippen LogP contribution is -2.40. The van der Waals surface area contributed by atoms with Crippen LogP contribution in [-0.2, 0) is 26.1 Å². The fourth-order valence-corrected chi connectivity index (χ4v) is 7.20. The van der Waals surface area contributed by atoms with E-state index in [9.17, 15) is 13.2 Å². The molecule has 2 heterocycles. The van der Waals surface area contributed by atoms with Crippen molar-refractivity contribution < 1.29 is 22.7 Å². The van der Waals surface area contributed by atoms with Crippen molar-refractivity contribution in [3.63, 3.8) is 0 Å². The smallest absolute Gasteiger partial charge is 0.266 e. The molecule has 1 aliphatic rings. The average molecular weight is 518 g/mol. The predicted molar refractivity (Wildman–Crippen MR) is 136 cm³/mol. The van der Waals surface area contributed by atoms with E-state index in [1.807, 2.05) is 25.3 Å². The first-order valence-corrected chi connectivity index (χ1v) is 13.9. The maximum atomic E-state index is 13.4. The molecule has 1 unspecified atom stereocenters. The molecule has 10 heteroatoms. The molecule has 1 aromatic heterocycles. The quantitative estimate of drug-likeness (QED) is 0.426. The SMILES string of the molecule is CCOCCn1c(=NC(=O)C2CCCN2S(=O)(=O)c2ccc(OC)cc2)sc2c(C)cc(C)cc21. The van der Waals surface area contributed by atoms with E-state index < -0.39 is 22.0 Å². The van der Waals surface area contributed by atoms with Gasteiger partial charge in [-0.3, -0.25) is 4.79 Å². The van der Waals surface area contributed by atoms with Gasteiger partial charge in [0.25, 0.3) is 5.91 Å². The number of amides is 1. The molecule has 3 aromatic rings. The van der Waals surface area contributed by atoms with Gasteiger partial charge in [0.05, 0.1) is 28.8 Å². The zero-order valence-corrected chi connectivity index (χ0v) is 22.1. The molecule has 0 spiro atoms. The molecule has 1 saturated heterocycles. The van der Waals surface area contributed by atoms with Crippen LogP contribution in [0.3, 0.4) is 0 Å². The Kier molecular flexibility index (Phi) is 7.75. The van der Waals surface area contributed by atoms with Gasteiger partial charge in [-0.1, -0.05) is 17.4 Å². The number of sulfonamides is 1. The van der Waals surface area contributed by atoms with E-state index in [2.05, 4.69) is 17.1 Å². The maximum Gasteiger partial charge on any atom is 0.266 e. The molecule has 0 aliphatic carbocycles. The number of aromatic nitrogens is 1. The van der Waals surface area contributed by atoms with Gasteiger partial charge in [-0.15, -0.1) is 0 Å². The predicted octanol–water partition coefficient (Wildman–Crippen LogP) is 3.65. The van der Waals surface area contributed by atoms with Gasteiger partial charge in [-0.2, -0.15) is 9.30 Å². The van der Waals surface area contributed by atoms with Crippen LogP contribution in [0.2, 0.25) is 0 Å². The Morgan fingerprint density at radius 3 is 2.63 bits per heavy atom. The fourth-order valence-electron chi connectivity index (χ4n) is 4.44. The summed E-state index contributed by atoms with van der Waals surface area (Å²) in [6, 6.07) is 9.59. The summed E-state index contributed by atoms with van der Waals surface area (Å²) in [5, 5.41) is 0. The van der Waals surface area contributed by atoms with Crippen LogP contribution in [0.15, 0.2) is 46.3 Å². The Labute approximate surface area is 209 Å². The number of rotatable bonds is 8. The minimum absolute atomic E-state index is 0.137. The van der Waals surface area contributed by atoms with E-state index in [4.69, 9.17) is 9.47 Å². The van der Waals surface area contributed by atoms with Gasteiger partial charge in [0, 0.05) is 19.7 Å². The summed E-state index contributed by atoms with van der Waals surface area (Å²) in [5.74, 6) is 0.130. The molecule has 8 nitrogen and oxygen atoms in total. The number of aryl methyl sites for hydroxylation is 2. The molecule has 0 saturated carbocycles. The van der Waals surface area contributed by atoms with Gasteiger partial charge in [0.15, 0.2) is 4.80 Å². The van der Waals surface area contributed by atoms with Crippen molar-refractivity contribution >= 4 is 37.5 Å². The lowest BCUT2D eigenvalue weighted by molar-refractivity contribution is -0.121. The van der Waals surface area contributed by atoms with Crippen molar-refractivity contribution in [3.8, 4) is 5.75 Å². The highest BCUT2D eigenvalue weighted by Crippen LogP contribution is 2.28. The largest absolute Gasteiger partial charge is 0.497 e. The summed E-state index contributed by atoms with van der Waals surface area (Å²) in [4.78, 5) is 18.6. The number of benzene rings is 2. The average Bonchev–Trinajstić information content (AvgIpc) is 3.46. The van der Waals surface area contributed by atoms with Crippen LogP contribution in [0.5, 0.6) is 5.75 Å². The molecule has 4 rings (SSSR count). The van der Waals surface area contributed by atoms with Gasteiger partial charge in [-0.05, 0) is 75.1 Å². The minimum atomic E-state index is -3.84. The lowest BCUT2D eigenvalue weighted by Gasteiger charge is -2.21. The first-order chi connectivity index (χ1) is 16.8. The molecule has 1 fully saturated rings. The van der Waals surface area contributed by atoms with Gasteiger partial charge >= 0.3 is 0 Å². The van der Waals surface area contributed by atoms with Gasteiger partial charge in [0.1, 0.15) is 11.8 Å². The third-order valence-corrected chi connectivity index (χ3v) is 9.29.